The summed E-state index contributed by atoms with van der Waals surface area (Å²) >= 11 is 1.72. The third kappa shape index (κ3) is 5.98. The summed E-state index contributed by atoms with van der Waals surface area (Å²) in [6, 6.07) is 4.71. The molecule has 1 saturated heterocycles. The van der Waals surface area contributed by atoms with Gasteiger partial charge in [0.05, 0.1) is 10.2 Å². The number of rotatable bonds is 5. The third-order valence-corrected chi connectivity index (χ3v) is 6.76. The number of aromatic nitrogens is 4. The first-order valence-electron chi connectivity index (χ1n) is 12.0. The summed E-state index contributed by atoms with van der Waals surface area (Å²) in [7, 11) is 2.17. The van der Waals surface area contributed by atoms with Gasteiger partial charge in [-0.2, -0.15) is 10.1 Å². The second-order valence-corrected chi connectivity index (χ2v) is 9.12. The molecular weight excluding hydrogens is 418 g/mol. The van der Waals surface area contributed by atoms with E-state index in [0.29, 0.717) is 12.0 Å². The molecule has 3 aromatic heterocycles. The molecule has 2 atom stereocenters. The number of fused-ring (bicyclic) bond motifs is 1. The molecule has 0 saturated carbocycles. The van der Waals surface area contributed by atoms with Crippen molar-refractivity contribution < 1.29 is 0 Å². The molecule has 0 amide bonds. The first-order chi connectivity index (χ1) is 15.4. The maximum atomic E-state index is 4.91. The predicted molar refractivity (Wildman–Crippen MR) is 140 cm³/mol. The molecule has 0 spiro atoms. The summed E-state index contributed by atoms with van der Waals surface area (Å²) in [6.07, 6.45) is 1.08. The Labute approximate surface area is 197 Å². The van der Waals surface area contributed by atoms with Gasteiger partial charge in [-0.1, -0.05) is 41.5 Å². The molecule has 1 aliphatic rings. The largest absolute Gasteiger partial charge is 0.338 e. The topological polar surface area (TPSA) is 73.0 Å². The highest BCUT2D eigenvalue weighted by Crippen LogP contribution is 2.33. The van der Waals surface area contributed by atoms with E-state index in [2.05, 4.69) is 72.2 Å². The summed E-state index contributed by atoms with van der Waals surface area (Å²) in [4.78, 5) is 15.7. The average molecular weight is 460 g/mol. The van der Waals surface area contributed by atoms with Crippen LogP contribution in [0.2, 0.25) is 0 Å². The minimum Gasteiger partial charge on any atom is -0.338 e. The van der Waals surface area contributed by atoms with Gasteiger partial charge in [-0.25, -0.2) is 4.98 Å². The lowest BCUT2D eigenvalue weighted by Crippen LogP contribution is -2.50. The molecule has 2 N–H and O–H groups in total. The van der Waals surface area contributed by atoms with Crippen molar-refractivity contribution in [2.24, 2.45) is 0 Å². The Kier molecular flexibility index (Phi) is 9.90. The number of aromatic amines is 1. The molecule has 8 heteroatoms. The normalized spacial score (nSPS) is 17.3. The second kappa shape index (κ2) is 12.2. The van der Waals surface area contributed by atoms with Crippen LogP contribution in [0.5, 0.6) is 0 Å². The number of thiophene rings is 1. The van der Waals surface area contributed by atoms with Gasteiger partial charge in [0.2, 0.25) is 5.95 Å². The monoisotopic (exact) mass is 459 g/mol. The molecule has 32 heavy (non-hydrogen) atoms. The molecule has 178 valence electrons. The van der Waals surface area contributed by atoms with E-state index in [0.717, 1.165) is 59.5 Å². The van der Waals surface area contributed by atoms with Gasteiger partial charge in [0.15, 0.2) is 11.6 Å². The van der Waals surface area contributed by atoms with E-state index in [1.807, 2.05) is 27.7 Å². The molecule has 0 aliphatic carbocycles. The zero-order chi connectivity index (χ0) is 23.8. The van der Waals surface area contributed by atoms with Crippen molar-refractivity contribution in [1.29, 1.82) is 0 Å². The fourth-order valence-electron chi connectivity index (χ4n) is 3.49. The first kappa shape index (κ1) is 26.1. The van der Waals surface area contributed by atoms with Crippen LogP contribution in [0.15, 0.2) is 12.1 Å². The smallest absolute Gasteiger partial charge is 0.228 e. The molecule has 0 radical (unpaired) electrons. The van der Waals surface area contributed by atoms with E-state index >= 15 is 0 Å². The molecule has 4 heterocycles. The number of piperazine rings is 1. The summed E-state index contributed by atoms with van der Waals surface area (Å²) in [6.45, 7) is 19.6. The Balaban J connectivity index is 0.000000860. The quantitative estimate of drug-likeness (QED) is 0.475. The molecule has 0 bridgehead atoms. The number of H-pyrrole nitrogens is 1. The van der Waals surface area contributed by atoms with Gasteiger partial charge >= 0.3 is 0 Å². The Hall–Kier alpha value is -2.19. The van der Waals surface area contributed by atoms with E-state index in [4.69, 9.17) is 9.97 Å². The van der Waals surface area contributed by atoms with Gasteiger partial charge in [-0.05, 0) is 39.3 Å². The Morgan fingerprint density at radius 1 is 1.19 bits per heavy atom. The standard InChI is InChI=1S/C20H29N7S.2C2H6/c1-6-12(2)15-10-17(25-24-15)22-19-18-16(9-14(4)28-18)21-20(23-19)27-8-7-26(5)13(3)11-27;2*1-2/h9-10,12-13H,6-8,11H2,1-5H3,(H2,21,22,23,24,25);2*1-2H3. The average Bonchev–Trinajstić information content (AvgIpc) is 3.43. The van der Waals surface area contributed by atoms with Crippen LogP contribution in [-0.4, -0.2) is 57.8 Å². The third-order valence-electron chi connectivity index (χ3n) is 5.71. The van der Waals surface area contributed by atoms with Crippen molar-refractivity contribution in [2.75, 3.05) is 36.9 Å². The van der Waals surface area contributed by atoms with Crippen LogP contribution in [-0.2, 0) is 0 Å². The molecule has 1 fully saturated rings. The zero-order valence-corrected chi connectivity index (χ0v) is 22.1. The summed E-state index contributed by atoms with van der Waals surface area (Å²) in [5.41, 5.74) is 2.14. The van der Waals surface area contributed by atoms with Gasteiger partial charge in [0, 0.05) is 42.3 Å². The van der Waals surface area contributed by atoms with Gasteiger partial charge in [0.25, 0.3) is 0 Å². The summed E-state index contributed by atoms with van der Waals surface area (Å²) < 4.78 is 1.08. The Bertz CT molecular complexity index is 965. The van der Waals surface area contributed by atoms with Crippen molar-refractivity contribution in [1.82, 2.24) is 25.1 Å². The summed E-state index contributed by atoms with van der Waals surface area (Å²) in [5.74, 6) is 2.90. The first-order valence-corrected chi connectivity index (χ1v) is 12.8. The van der Waals surface area contributed by atoms with E-state index < -0.39 is 0 Å². The maximum absolute atomic E-state index is 4.91. The lowest BCUT2D eigenvalue weighted by Gasteiger charge is -2.37. The van der Waals surface area contributed by atoms with Gasteiger partial charge in [0.1, 0.15) is 0 Å². The van der Waals surface area contributed by atoms with Crippen LogP contribution in [0.4, 0.5) is 17.6 Å². The van der Waals surface area contributed by atoms with Crippen LogP contribution < -0.4 is 10.2 Å². The molecule has 0 aromatic carbocycles. The van der Waals surface area contributed by atoms with Crippen molar-refractivity contribution in [3.8, 4) is 0 Å². The Morgan fingerprint density at radius 3 is 2.56 bits per heavy atom. The fraction of sp³-hybridized carbons (Fsp3) is 0.625. The molecule has 7 nitrogen and oxygen atoms in total. The minimum absolute atomic E-state index is 0.458. The highest BCUT2D eigenvalue weighted by molar-refractivity contribution is 7.19. The number of nitrogens with one attached hydrogen (secondary N) is 2. The van der Waals surface area contributed by atoms with Crippen LogP contribution in [0.25, 0.3) is 10.2 Å². The number of hydrogen-bond donors (Lipinski definition) is 2. The molecule has 1 aliphatic heterocycles. The minimum atomic E-state index is 0.458. The predicted octanol–water partition coefficient (Wildman–Crippen LogP) is 6.17. The van der Waals surface area contributed by atoms with Crippen LogP contribution >= 0.6 is 11.3 Å². The molecule has 3 aromatic rings. The Morgan fingerprint density at radius 2 is 1.91 bits per heavy atom. The van der Waals surface area contributed by atoms with E-state index in [9.17, 15) is 0 Å². The van der Waals surface area contributed by atoms with E-state index in [-0.39, 0.29) is 0 Å². The van der Waals surface area contributed by atoms with Crippen molar-refractivity contribution >= 4 is 39.1 Å². The molecule has 4 rings (SSSR count). The van der Waals surface area contributed by atoms with E-state index in [1.54, 1.807) is 11.3 Å². The van der Waals surface area contributed by atoms with Crippen LogP contribution in [0, 0.1) is 6.92 Å². The SMILES string of the molecule is CC.CC.CCC(C)c1cc(Nc2nc(N3CCN(C)C(C)C3)nc3cc(C)sc23)n[nH]1. The molecule has 2 unspecified atom stereocenters. The van der Waals surface area contributed by atoms with Gasteiger partial charge in [-0.15, -0.1) is 11.3 Å². The van der Waals surface area contributed by atoms with Gasteiger partial charge < -0.3 is 15.1 Å². The lowest BCUT2D eigenvalue weighted by atomic mass is 10.1. The van der Waals surface area contributed by atoms with E-state index in [1.165, 1.54) is 4.88 Å². The highest BCUT2D eigenvalue weighted by Gasteiger charge is 2.24. The zero-order valence-electron chi connectivity index (χ0n) is 21.3. The fourth-order valence-corrected chi connectivity index (χ4v) is 4.38. The number of likely N-dealkylation sites (N-methyl/N-ethyl adjacent to an activating group) is 1. The maximum Gasteiger partial charge on any atom is 0.228 e. The van der Waals surface area contributed by atoms with Crippen LogP contribution in [0.1, 0.15) is 71.4 Å². The highest BCUT2D eigenvalue weighted by atomic mass is 32.1. The number of nitrogens with zero attached hydrogens (tertiary/aromatic N) is 5. The van der Waals surface area contributed by atoms with Crippen molar-refractivity contribution in [3.05, 3.63) is 22.7 Å². The number of hydrogen-bond acceptors (Lipinski definition) is 7. The molecular formula is C24H41N7S. The lowest BCUT2D eigenvalue weighted by molar-refractivity contribution is 0.233. The number of aryl methyl sites for hydroxylation is 1. The second-order valence-electron chi connectivity index (χ2n) is 7.86. The summed E-state index contributed by atoms with van der Waals surface area (Å²) in [5, 5.41) is 11.0. The van der Waals surface area contributed by atoms with Crippen molar-refractivity contribution in [3.63, 3.8) is 0 Å². The van der Waals surface area contributed by atoms with Crippen LogP contribution in [0.3, 0.4) is 0 Å². The number of anilines is 3. The van der Waals surface area contributed by atoms with Crippen molar-refractivity contribution in [2.45, 2.75) is 73.8 Å². The van der Waals surface area contributed by atoms with Gasteiger partial charge in [-0.3, -0.25) is 5.10 Å².